The van der Waals surface area contributed by atoms with Crippen molar-refractivity contribution in [1.29, 1.82) is 0 Å². The highest BCUT2D eigenvalue weighted by Crippen LogP contribution is 2.45. The minimum Gasteiger partial charge on any atom is -0.463 e. The van der Waals surface area contributed by atoms with E-state index in [1.54, 1.807) is 0 Å². The van der Waals surface area contributed by atoms with Crippen molar-refractivity contribution in [2.45, 2.75) is 373 Å². The standard InChI is InChI=1S/C99H164O16P2/c1-4-7-10-13-16-19-22-25-28-31-34-37-40-43-45-46-48-51-52-55-58-61-64-67-70-73-76-79-82-85-97(102)109-88-94(100)89-111-116(105,106)112-90-95(101)91-113-117(107,108)114-93-96(115-99(104)87-84-81-78-75-72-69-66-63-60-57-54-49-42-39-36-33-30-27-24-21-18-15-12-9-6-3)92-110-98(103)86-83-80-77-74-71-68-65-62-59-56-53-50-47-44-41-38-35-32-29-26-23-20-17-14-11-8-5-2/h7-8,10-11,16-21,25-30,34-39,43-45,47-49,51,53-54,56,94-96,100-101H,4-6,9,12-15,22-24,31-33,40-42,46,50,52,55,57-93H2,1-3H3,(H,105,106)(H,107,108)/b10-7-,11-8-,19-16-,20-17-,21-18-,28-25-,29-26-,30-27-,37-34-,38-35-,39-36-,45-43-,47-44-,51-48-,54-49-,56-53-. The minimum atomic E-state index is -4.95. The summed E-state index contributed by atoms with van der Waals surface area (Å²) < 4.78 is 61.5. The fourth-order valence-electron chi connectivity index (χ4n) is 11.9. The molecule has 0 fully saturated rings. The van der Waals surface area contributed by atoms with Crippen LogP contribution in [0.4, 0.5) is 0 Å². The highest BCUT2D eigenvalue weighted by molar-refractivity contribution is 7.47. The lowest BCUT2D eigenvalue weighted by Gasteiger charge is -2.21. The lowest BCUT2D eigenvalue weighted by molar-refractivity contribution is -0.161. The van der Waals surface area contributed by atoms with Gasteiger partial charge in [0.1, 0.15) is 25.4 Å². The van der Waals surface area contributed by atoms with E-state index in [0.29, 0.717) is 19.3 Å². The first-order chi connectivity index (χ1) is 57.2. The van der Waals surface area contributed by atoms with Crippen LogP contribution in [0.1, 0.15) is 355 Å². The number of carbonyl (C=O) groups is 3. The van der Waals surface area contributed by atoms with E-state index in [9.17, 15) is 43.5 Å². The van der Waals surface area contributed by atoms with Gasteiger partial charge in [-0.05, 0) is 167 Å². The SMILES string of the molecule is CC/C=C\C/C=C\C/C=C\C/C=C\C/C=C\C/C=C\CCCCCCCCCCCCC(=O)OCC(O)COP(=O)(O)OCC(O)COP(=O)(O)OCC(COC(=O)CCCCCCCCCC/C=C\C/C=C\C/C=C\C/C=C\C/C=C\C/C=C\CC)OC(=O)CCCCCCCCCCC/C=C\C/C=C\C/C=C\C/C=C\CCCCC. The van der Waals surface area contributed by atoms with Crippen molar-refractivity contribution in [3.63, 3.8) is 0 Å². The number of hydrogen-bond donors (Lipinski definition) is 4. The molecule has 16 nitrogen and oxygen atoms in total. The molecule has 0 aliphatic rings. The monoisotopic (exact) mass is 1670 g/mol. The van der Waals surface area contributed by atoms with Crippen molar-refractivity contribution < 1.29 is 75.8 Å². The van der Waals surface area contributed by atoms with E-state index < -0.39 is 91.5 Å². The molecule has 0 aliphatic carbocycles. The van der Waals surface area contributed by atoms with Gasteiger partial charge in [0.25, 0.3) is 0 Å². The second kappa shape index (κ2) is 89.6. The highest BCUT2D eigenvalue weighted by Gasteiger charge is 2.29. The summed E-state index contributed by atoms with van der Waals surface area (Å²) in [6, 6.07) is 0. The number of hydrogen-bond acceptors (Lipinski definition) is 14. The fourth-order valence-corrected chi connectivity index (χ4v) is 13.5. The van der Waals surface area contributed by atoms with E-state index in [-0.39, 0.29) is 19.3 Å². The summed E-state index contributed by atoms with van der Waals surface area (Å²) in [4.78, 5) is 59.0. The summed E-state index contributed by atoms with van der Waals surface area (Å²) in [5.41, 5.74) is 0. The second-order valence-corrected chi connectivity index (χ2v) is 32.9. The molecule has 0 saturated carbocycles. The van der Waals surface area contributed by atoms with Crippen molar-refractivity contribution in [2.75, 3.05) is 39.6 Å². The Labute approximate surface area is 712 Å². The Hall–Kier alpha value is -5.61. The van der Waals surface area contributed by atoms with E-state index in [2.05, 4.69) is 215 Å². The maximum absolute atomic E-state index is 13.1. The summed E-state index contributed by atoms with van der Waals surface area (Å²) >= 11 is 0. The Morgan fingerprint density at radius 2 is 0.453 bits per heavy atom. The molecule has 0 heterocycles. The van der Waals surface area contributed by atoms with Crippen LogP contribution in [0, 0.1) is 0 Å². The van der Waals surface area contributed by atoms with Gasteiger partial charge < -0.3 is 34.2 Å². The van der Waals surface area contributed by atoms with Crippen LogP contribution in [0.5, 0.6) is 0 Å². The first kappa shape index (κ1) is 111. The largest absolute Gasteiger partial charge is 0.472 e. The number of rotatable bonds is 85. The average Bonchev–Trinajstić information content (AvgIpc) is 0.904. The van der Waals surface area contributed by atoms with Crippen LogP contribution in [0.3, 0.4) is 0 Å². The summed E-state index contributed by atoms with van der Waals surface area (Å²) in [5, 5.41) is 20.7. The van der Waals surface area contributed by atoms with Crippen LogP contribution in [-0.4, -0.2) is 95.9 Å². The number of carbonyl (C=O) groups excluding carboxylic acids is 3. The number of unbranched alkanes of at least 4 members (excludes halogenated alkanes) is 30. The lowest BCUT2D eigenvalue weighted by atomic mass is 10.1. The summed E-state index contributed by atoms with van der Waals surface area (Å²) in [6.07, 6.45) is 119. The fraction of sp³-hybridized carbons (Fsp3) is 0.646. The number of allylic oxidation sites excluding steroid dienone is 32. The molecular formula is C99H164O16P2. The van der Waals surface area contributed by atoms with Gasteiger partial charge >= 0.3 is 33.6 Å². The normalized spacial score (nSPS) is 14.7. The predicted octanol–water partition coefficient (Wildman–Crippen LogP) is 28.2. The molecule has 0 amide bonds. The molecule has 0 radical (unpaired) electrons. The Bertz CT molecular complexity index is 2910. The van der Waals surface area contributed by atoms with Gasteiger partial charge in [0, 0.05) is 19.3 Å². The summed E-state index contributed by atoms with van der Waals surface area (Å²) in [5.74, 6) is -1.60. The zero-order valence-electron chi connectivity index (χ0n) is 73.3. The maximum Gasteiger partial charge on any atom is 0.472 e. The van der Waals surface area contributed by atoms with E-state index in [1.165, 1.54) is 89.9 Å². The lowest BCUT2D eigenvalue weighted by Crippen LogP contribution is -2.30. The Kier molecular flexibility index (Phi) is 85.3. The van der Waals surface area contributed by atoms with Crippen LogP contribution < -0.4 is 0 Å². The van der Waals surface area contributed by atoms with Crippen LogP contribution in [-0.2, 0) is 55.8 Å². The molecule has 117 heavy (non-hydrogen) atoms. The van der Waals surface area contributed by atoms with Gasteiger partial charge in [0.15, 0.2) is 6.10 Å². The predicted molar refractivity (Wildman–Crippen MR) is 491 cm³/mol. The zero-order chi connectivity index (χ0) is 85.1. The van der Waals surface area contributed by atoms with E-state index in [4.69, 9.17) is 32.3 Å². The van der Waals surface area contributed by atoms with Gasteiger partial charge in [-0.25, -0.2) is 9.13 Å². The molecule has 0 bridgehead atoms. The zero-order valence-corrected chi connectivity index (χ0v) is 75.1. The highest BCUT2D eigenvalue weighted by atomic mass is 31.2. The molecule has 0 aromatic carbocycles. The van der Waals surface area contributed by atoms with Crippen molar-refractivity contribution in [1.82, 2.24) is 0 Å². The van der Waals surface area contributed by atoms with Crippen LogP contribution in [0.15, 0.2) is 194 Å². The summed E-state index contributed by atoms with van der Waals surface area (Å²) in [7, 11) is -9.83. The third-order valence-corrected chi connectivity index (χ3v) is 20.7. The Morgan fingerprint density at radius 3 is 0.718 bits per heavy atom. The number of aliphatic hydroxyl groups excluding tert-OH is 2. The molecule has 18 heteroatoms. The minimum absolute atomic E-state index is 0.0888. The van der Waals surface area contributed by atoms with Gasteiger partial charge in [-0.2, -0.15) is 0 Å². The van der Waals surface area contributed by atoms with Crippen molar-refractivity contribution in [3.8, 4) is 0 Å². The summed E-state index contributed by atoms with van der Waals surface area (Å²) in [6.45, 7) is 2.43. The molecule has 0 saturated heterocycles. The average molecular weight is 1670 g/mol. The Balaban J connectivity index is 4.70. The van der Waals surface area contributed by atoms with Crippen LogP contribution in [0.2, 0.25) is 0 Å². The van der Waals surface area contributed by atoms with Crippen molar-refractivity contribution >= 4 is 33.6 Å². The second-order valence-electron chi connectivity index (χ2n) is 30.0. The number of aliphatic hydroxyl groups is 2. The third kappa shape index (κ3) is 91.0. The van der Waals surface area contributed by atoms with Gasteiger partial charge in [-0.3, -0.25) is 32.5 Å². The molecule has 5 atom stereocenters. The molecule has 0 spiro atoms. The smallest absolute Gasteiger partial charge is 0.463 e. The molecular weight excluding hydrogens is 1510 g/mol. The maximum atomic E-state index is 13.1. The molecule has 0 aromatic rings. The molecule has 4 N–H and O–H groups in total. The van der Waals surface area contributed by atoms with Gasteiger partial charge in [-0.15, -0.1) is 0 Å². The van der Waals surface area contributed by atoms with Gasteiger partial charge in [-0.1, -0.05) is 363 Å². The van der Waals surface area contributed by atoms with Crippen molar-refractivity contribution in [2.24, 2.45) is 0 Å². The molecule has 0 aromatic heterocycles. The molecule has 0 aliphatic heterocycles. The number of phosphoric acid groups is 2. The molecule has 666 valence electrons. The van der Waals surface area contributed by atoms with Crippen LogP contribution in [0.25, 0.3) is 0 Å². The molecule has 0 rings (SSSR count). The van der Waals surface area contributed by atoms with E-state index in [1.807, 2.05) is 0 Å². The third-order valence-electron chi connectivity index (χ3n) is 18.8. The van der Waals surface area contributed by atoms with E-state index >= 15 is 0 Å². The number of ether oxygens (including phenoxy) is 3. The molecule has 5 unspecified atom stereocenters. The quantitative estimate of drug-likeness (QED) is 0.0146. The topological polar surface area (TPSA) is 231 Å². The van der Waals surface area contributed by atoms with E-state index in [0.717, 1.165) is 205 Å². The van der Waals surface area contributed by atoms with Gasteiger partial charge in [0.2, 0.25) is 0 Å². The van der Waals surface area contributed by atoms with Gasteiger partial charge in [0.05, 0.1) is 26.4 Å². The number of phosphoric ester groups is 2. The first-order valence-electron chi connectivity index (χ1n) is 45.7. The Morgan fingerprint density at radius 1 is 0.248 bits per heavy atom. The van der Waals surface area contributed by atoms with Crippen LogP contribution >= 0.6 is 15.6 Å². The number of esters is 3. The van der Waals surface area contributed by atoms with Crippen molar-refractivity contribution in [3.05, 3.63) is 194 Å². The first-order valence-corrected chi connectivity index (χ1v) is 48.7.